The molecule has 1 fully saturated rings. The summed E-state index contributed by atoms with van der Waals surface area (Å²) >= 11 is 3.30. The maximum absolute atomic E-state index is 12.0. The van der Waals surface area contributed by atoms with Crippen LogP contribution in [0.3, 0.4) is 0 Å². The Hall–Kier alpha value is -1.36. The summed E-state index contributed by atoms with van der Waals surface area (Å²) in [6.07, 6.45) is 3.34. The normalized spacial score (nSPS) is 24.6. The van der Waals surface area contributed by atoms with Crippen molar-refractivity contribution in [2.75, 3.05) is 6.61 Å². The summed E-state index contributed by atoms with van der Waals surface area (Å²) in [6.45, 7) is 4.15. The van der Waals surface area contributed by atoms with Crippen LogP contribution < -0.4 is 5.32 Å². The fourth-order valence-electron chi connectivity index (χ4n) is 2.86. The van der Waals surface area contributed by atoms with E-state index in [1.54, 1.807) is 18.2 Å². The third-order valence-electron chi connectivity index (χ3n) is 4.45. The summed E-state index contributed by atoms with van der Waals surface area (Å²) in [5, 5.41) is 2.99. The van der Waals surface area contributed by atoms with Gasteiger partial charge < -0.3 is 10.1 Å². The van der Waals surface area contributed by atoms with E-state index >= 15 is 0 Å². The summed E-state index contributed by atoms with van der Waals surface area (Å²) in [5.41, 5.74) is 0.432. The lowest BCUT2D eigenvalue weighted by Crippen LogP contribution is -2.45. The lowest BCUT2D eigenvalue weighted by atomic mass is 9.78. The molecule has 0 aromatic heterocycles. The van der Waals surface area contributed by atoms with Gasteiger partial charge in [0.1, 0.15) is 0 Å². The molecule has 1 aliphatic carbocycles. The van der Waals surface area contributed by atoms with Crippen molar-refractivity contribution in [3.63, 3.8) is 0 Å². The van der Waals surface area contributed by atoms with Crippen molar-refractivity contribution in [3.8, 4) is 0 Å². The summed E-state index contributed by atoms with van der Waals surface area (Å²) < 4.78 is 5.88. The minimum Gasteiger partial charge on any atom is -0.452 e. The number of carbonyl (C=O) groups excluding carboxylic acids is 2. The van der Waals surface area contributed by atoms with E-state index in [1.165, 1.54) is 6.42 Å². The van der Waals surface area contributed by atoms with E-state index in [0.717, 1.165) is 17.3 Å². The molecule has 4 nitrogen and oxygen atoms in total. The van der Waals surface area contributed by atoms with Gasteiger partial charge in [-0.05, 0) is 36.5 Å². The van der Waals surface area contributed by atoms with Crippen LogP contribution in [0.2, 0.25) is 0 Å². The topological polar surface area (TPSA) is 55.4 Å². The third kappa shape index (κ3) is 4.57. The zero-order valence-electron chi connectivity index (χ0n) is 13.0. The molecule has 0 spiro atoms. The molecular formula is C17H22BrNO3. The first-order valence-corrected chi connectivity index (χ1v) is 8.48. The highest BCUT2D eigenvalue weighted by molar-refractivity contribution is 9.10. The molecule has 1 saturated carbocycles. The molecule has 1 amide bonds. The summed E-state index contributed by atoms with van der Waals surface area (Å²) in [6, 6.07) is 7.10. The van der Waals surface area contributed by atoms with Crippen molar-refractivity contribution in [2.24, 2.45) is 11.8 Å². The number of hydrogen-bond donors (Lipinski definition) is 1. The minimum atomic E-state index is -0.485. The lowest BCUT2D eigenvalue weighted by Gasteiger charge is -2.34. The lowest BCUT2D eigenvalue weighted by molar-refractivity contribution is -0.125. The first kappa shape index (κ1) is 17.0. The molecule has 1 aromatic rings. The largest absolute Gasteiger partial charge is 0.452 e. The van der Waals surface area contributed by atoms with Crippen LogP contribution in [0, 0.1) is 11.8 Å². The monoisotopic (exact) mass is 367 g/mol. The molecule has 2 rings (SSSR count). The standard InChI is InChI=1S/C17H22BrNO3/c1-11-5-3-8-15(12(11)2)19-16(20)10-22-17(21)13-6-4-7-14(18)9-13/h4,6-7,9,11-12,15H,3,5,8,10H2,1-2H3,(H,19,20)/t11-,12+,15-/m1/s1. The Labute approximate surface area is 139 Å². The molecule has 0 aliphatic heterocycles. The summed E-state index contributed by atoms with van der Waals surface area (Å²) in [7, 11) is 0. The van der Waals surface area contributed by atoms with Crippen LogP contribution in [0.1, 0.15) is 43.5 Å². The second-order valence-electron chi connectivity index (χ2n) is 6.03. The fraction of sp³-hybridized carbons (Fsp3) is 0.529. The zero-order valence-corrected chi connectivity index (χ0v) is 14.6. The molecule has 1 N–H and O–H groups in total. The number of ether oxygens (including phenoxy) is 1. The average Bonchev–Trinajstić information content (AvgIpc) is 2.49. The molecule has 0 saturated heterocycles. The minimum absolute atomic E-state index is 0.181. The molecule has 3 atom stereocenters. The molecule has 0 bridgehead atoms. The van der Waals surface area contributed by atoms with Gasteiger partial charge in [0.15, 0.2) is 6.61 Å². The molecule has 0 heterocycles. The third-order valence-corrected chi connectivity index (χ3v) is 4.94. The van der Waals surface area contributed by atoms with Gasteiger partial charge in [-0.2, -0.15) is 0 Å². The highest BCUT2D eigenvalue weighted by Gasteiger charge is 2.28. The van der Waals surface area contributed by atoms with Crippen LogP contribution in [-0.4, -0.2) is 24.5 Å². The van der Waals surface area contributed by atoms with E-state index in [1.807, 2.05) is 6.07 Å². The number of amides is 1. The number of hydrogen-bond acceptors (Lipinski definition) is 3. The smallest absolute Gasteiger partial charge is 0.338 e. The van der Waals surface area contributed by atoms with Crippen molar-refractivity contribution in [2.45, 2.75) is 39.2 Å². The van der Waals surface area contributed by atoms with E-state index in [9.17, 15) is 9.59 Å². The Bertz CT molecular complexity index is 546. The van der Waals surface area contributed by atoms with Gasteiger partial charge in [0, 0.05) is 10.5 Å². The number of esters is 1. The van der Waals surface area contributed by atoms with Crippen LogP contribution in [0.15, 0.2) is 28.7 Å². The van der Waals surface area contributed by atoms with E-state index in [4.69, 9.17) is 4.74 Å². The predicted molar refractivity (Wildman–Crippen MR) is 88.5 cm³/mol. The highest BCUT2D eigenvalue weighted by atomic mass is 79.9. The summed E-state index contributed by atoms with van der Waals surface area (Å²) in [5.74, 6) is 0.359. The average molecular weight is 368 g/mol. The van der Waals surface area contributed by atoms with Crippen molar-refractivity contribution in [3.05, 3.63) is 34.3 Å². The van der Waals surface area contributed by atoms with Crippen molar-refractivity contribution >= 4 is 27.8 Å². The SMILES string of the molecule is C[C@H]1[C@H](C)CCC[C@H]1NC(=O)COC(=O)c1cccc(Br)c1. The van der Waals surface area contributed by atoms with Gasteiger partial charge in [0.2, 0.25) is 0 Å². The van der Waals surface area contributed by atoms with Crippen LogP contribution >= 0.6 is 15.9 Å². The van der Waals surface area contributed by atoms with Gasteiger partial charge in [0.05, 0.1) is 5.56 Å². The number of carbonyl (C=O) groups is 2. The molecule has 0 unspecified atom stereocenters. The quantitative estimate of drug-likeness (QED) is 0.827. The molecule has 22 heavy (non-hydrogen) atoms. The Morgan fingerprint density at radius 1 is 1.32 bits per heavy atom. The highest BCUT2D eigenvalue weighted by Crippen LogP contribution is 2.29. The van der Waals surface area contributed by atoms with E-state index in [-0.39, 0.29) is 18.6 Å². The van der Waals surface area contributed by atoms with Crippen LogP contribution in [0.25, 0.3) is 0 Å². The van der Waals surface area contributed by atoms with Crippen molar-refractivity contribution in [1.29, 1.82) is 0 Å². The van der Waals surface area contributed by atoms with Gasteiger partial charge in [0.25, 0.3) is 5.91 Å². The van der Waals surface area contributed by atoms with Gasteiger partial charge in [-0.15, -0.1) is 0 Å². The van der Waals surface area contributed by atoms with E-state index in [2.05, 4.69) is 35.1 Å². The van der Waals surface area contributed by atoms with Gasteiger partial charge in [-0.3, -0.25) is 4.79 Å². The van der Waals surface area contributed by atoms with Crippen LogP contribution in [0.4, 0.5) is 0 Å². The van der Waals surface area contributed by atoms with Gasteiger partial charge in [-0.1, -0.05) is 48.7 Å². The van der Waals surface area contributed by atoms with Crippen molar-refractivity contribution < 1.29 is 14.3 Å². The predicted octanol–water partition coefficient (Wildman–Crippen LogP) is 3.55. The molecule has 1 aromatic carbocycles. The Balaban J connectivity index is 1.81. The molecule has 1 aliphatic rings. The van der Waals surface area contributed by atoms with E-state index < -0.39 is 5.97 Å². The van der Waals surface area contributed by atoms with Crippen molar-refractivity contribution in [1.82, 2.24) is 5.32 Å². The van der Waals surface area contributed by atoms with Crippen LogP contribution in [0.5, 0.6) is 0 Å². The van der Waals surface area contributed by atoms with Gasteiger partial charge in [-0.25, -0.2) is 4.79 Å². The molecule has 0 radical (unpaired) electrons. The van der Waals surface area contributed by atoms with E-state index in [0.29, 0.717) is 17.4 Å². The number of rotatable bonds is 4. The number of nitrogens with one attached hydrogen (secondary N) is 1. The van der Waals surface area contributed by atoms with Crippen LogP contribution in [-0.2, 0) is 9.53 Å². The van der Waals surface area contributed by atoms with Gasteiger partial charge >= 0.3 is 5.97 Å². The second kappa shape index (κ2) is 7.77. The Morgan fingerprint density at radius 2 is 2.09 bits per heavy atom. The number of halogens is 1. The number of benzene rings is 1. The molecule has 120 valence electrons. The second-order valence-corrected chi connectivity index (χ2v) is 6.94. The Kier molecular flexibility index (Phi) is 6.00. The maximum atomic E-state index is 12.0. The Morgan fingerprint density at radius 3 is 2.82 bits per heavy atom. The molecular weight excluding hydrogens is 346 g/mol. The summed E-state index contributed by atoms with van der Waals surface area (Å²) in [4.78, 5) is 23.9. The first-order chi connectivity index (χ1) is 10.5. The maximum Gasteiger partial charge on any atom is 0.338 e. The molecule has 5 heteroatoms. The fourth-order valence-corrected chi connectivity index (χ4v) is 3.26. The zero-order chi connectivity index (χ0) is 16.1. The first-order valence-electron chi connectivity index (χ1n) is 7.69.